The predicted molar refractivity (Wildman–Crippen MR) is 91.3 cm³/mol. The largest absolute Gasteiger partial charge is 0.0929 e. The maximum absolute atomic E-state index is 2.59. The van der Waals surface area contributed by atoms with Crippen molar-refractivity contribution in [1.82, 2.24) is 0 Å². The molecule has 0 unspecified atom stereocenters. The third kappa shape index (κ3) is 3.59. The van der Waals surface area contributed by atoms with Crippen LogP contribution < -0.4 is 0 Å². The van der Waals surface area contributed by atoms with Gasteiger partial charge in [0.2, 0.25) is 0 Å². The van der Waals surface area contributed by atoms with Crippen LogP contribution in [0, 0.1) is 6.92 Å². The summed E-state index contributed by atoms with van der Waals surface area (Å²) in [5, 5.41) is 0. The van der Waals surface area contributed by atoms with E-state index >= 15 is 0 Å². The molecule has 0 heterocycles. The second-order valence-corrected chi connectivity index (χ2v) is 12.5. The molecule has 19 heavy (non-hydrogen) atoms. The number of hydrogen-bond donors (Lipinski definition) is 0. The molecule has 1 aromatic carbocycles. The Kier molecular flexibility index (Phi) is 5.60. The van der Waals surface area contributed by atoms with Crippen LogP contribution >= 0.6 is 0 Å². The molecular weight excluding hydrogens is 244 g/mol. The zero-order valence-electron chi connectivity index (χ0n) is 13.7. The van der Waals surface area contributed by atoms with E-state index in [1.54, 1.807) is 0 Å². The van der Waals surface area contributed by atoms with Gasteiger partial charge in [0.15, 0.2) is 0 Å². The van der Waals surface area contributed by atoms with Gasteiger partial charge in [0.1, 0.15) is 0 Å². The summed E-state index contributed by atoms with van der Waals surface area (Å²) in [4.78, 5) is 0. The van der Waals surface area contributed by atoms with E-state index in [1.165, 1.54) is 11.1 Å². The second kappa shape index (κ2) is 6.56. The number of hydrogen-bond acceptors (Lipinski definition) is 0. The maximum Gasteiger partial charge on any atom is 0.0853 e. The highest BCUT2D eigenvalue weighted by Gasteiger charge is 2.39. The minimum atomic E-state index is -1.40. The average Bonchev–Trinajstić information content (AvgIpc) is 2.30. The molecule has 0 aliphatic carbocycles. The van der Waals surface area contributed by atoms with Gasteiger partial charge in [-0.3, -0.25) is 0 Å². The Hall–Kier alpha value is -0.823. The van der Waals surface area contributed by atoms with Gasteiger partial charge in [0, 0.05) is 0 Å². The summed E-state index contributed by atoms with van der Waals surface area (Å²) in [6.45, 7) is 16.6. The lowest BCUT2D eigenvalue weighted by Gasteiger charge is -2.40. The molecule has 0 saturated carbocycles. The Balaban J connectivity index is 3.10. The molecule has 0 aliphatic rings. The fourth-order valence-corrected chi connectivity index (χ4v) is 9.13. The Labute approximate surface area is 121 Å². The van der Waals surface area contributed by atoms with E-state index in [2.05, 4.69) is 84.5 Å². The van der Waals surface area contributed by atoms with Gasteiger partial charge in [-0.25, -0.2) is 0 Å². The summed E-state index contributed by atoms with van der Waals surface area (Å²) in [5.41, 5.74) is 7.62. The monoisotopic (exact) mass is 274 g/mol. The van der Waals surface area contributed by atoms with Crippen LogP contribution in [0.2, 0.25) is 16.6 Å². The fraction of sp³-hybridized carbons (Fsp3) is 0.556. The molecule has 0 spiro atoms. The van der Waals surface area contributed by atoms with Crippen molar-refractivity contribution in [3.63, 3.8) is 0 Å². The van der Waals surface area contributed by atoms with Crippen LogP contribution in [0.5, 0.6) is 0 Å². The lowest BCUT2D eigenvalue weighted by atomic mass is 10.1. The minimum Gasteiger partial charge on any atom is -0.0929 e. The van der Waals surface area contributed by atoms with Gasteiger partial charge in [0.05, 0.1) is 8.07 Å². The summed E-state index contributed by atoms with van der Waals surface area (Å²) in [6.07, 6.45) is 2.37. The summed E-state index contributed by atoms with van der Waals surface area (Å²) in [7, 11) is -1.40. The highest BCUT2D eigenvalue weighted by molar-refractivity contribution is 6.88. The molecule has 0 radical (unpaired) electrons. The SMILES string of the molecule is Cc1ccc(/C=C/[Si](C(C)C)(C(C)C)C(C)C)cc1. The Morgan fingerprint density at radius 1 is 0.789 bits per heavy atom. The molecule has 1 rings (SSSR count). The molecular formula is C18H30Si. The fourth-order valence-electron chi connectivity index (χ4n) is 3.50. The van der Waals surface area contributed by atoms with E-state index in [0.717, 1.165) is 16.6 Å². The van der Waals surface area contributed by atoms with Crippen molar-refractivity contribution >= 4 is 14.1 Å². The lowest BCUT2D eigenvalue weighted by molar-refractivity contribution is 0.834. The van der Waals surface area contributed by atoms with Crippen molar-refractivity contribution in [3.8, 4) is 0 Å². The standard InChI is InChI=1S/C18H30Si/c1-14(2)19(15(3)4,16(5)6)13-12-18-10-8-17(7)9-11-18/h8-16H,1-7H3/b13-12+. The van der Waals surface area contributed by atoms with Gasteiger partial charge in [-0.15, -0.1) is 0 Å². The smallest absolute Gasteiger partial charge is 0.0853 e. The van der Waals surface area contributed by atoms with E-state index in [-0.39, 0.29) is 0 Å². The molecule has 0 bridgehead atoms. The van der Waals surface area contributed by atoms with E-state index in [0.29, 0.717) is 0 Å². The van der Waals surface area contributed by atoms with Crippen molar-refractivity contribution in [2.45, 2.75) is 65.1 Å². The highest BCUT2D eigenvalue weighted by atomic mass is 28.3. The van der Waals surface area contributed by atoms with Crippen LogP contribution in [0.25, 0.3) is 6.08 Å². The van der Waals surface area contributed by atoms with E-state index < -0.39 is 8.07 Å². The lowest BCUT2D eigenvalue weighted by Crippen LogP contribution is -2.42. The van der Waals surface area contributed by atoms with Gasteiger partial charge in [-0.1, -0.05) is 83.1 Å². The van der Waals surface area contributed by atoms with E-state index in [9.17, 15) is 0 Å². The normalized spacial score (nSPS) is 13.2. The molecule has 0 aliphatic heterocycles. The quantitative estimate of drug-likeness (QED) is 0.559. The molecule has 1 heteroatoms. The van der Waals surface area contributed by atoms with Crippen molar-refractivity contribution < 1.29 is 0 Å². The zero-order valence-corrected chi connectivity index (χ0v) is 14.7. The molecule has 0 aromatic heterocycles. The first-order valence-corrected chi connectivity index (χ1v) is 9.87. The number of rotatable bonds is 5. The first kappa shape index (κ1) is 16.2. The van der Waals surface area contributed by atoms with Crippen LogP contribution in [0.1, 0.15) is 52.7 Å². The predicted octanol–water partition coefficient (Wildman–Crippen LogP) is 6.23. The van der Waals surface area contributed by atoms with Gasteiger partial charge in [0.25, 0.3) is 0 Å². The van der Waals surface area contributed by atoms with E-state index in [4.69, 9.17) is 0 Å². The molecule has 0 atom stereocenters. The van der Waals surface area contributed by atoms with Gasteiger partial charge < -0.3 is 0 Å². The Morgan fingerprint density at radius 2 is 1.21 bits per heavy atom. The van der Waals surface area contributed by atoms with Crippen LogP contribution in [-0.4, -0.2) is 8.07 Å². The highest BCUT2D eigenvalue weighted by Crippen LogP contribution is 2.42. The molecule has 106 valence electrons. The maximum atomic E-state index is 2.59. The topological polar surface area (TPSA) is 0 Å². The molecule has 0 fully saturated rings. The second-order valence-electron chi connectivity index (χ2n) is 6.71. The summed E-state index contributed by atoms with van der Waals surface area (Å²) < 4.78 is 0. The van der Waals surface area contributed by atoms with Crippen LogP contribution in [-0.2, 0) is 0 Å². The molecule has 0 N–H and O–H groups in total. The minimum absolute atomic E-state index is 0.786. The average molecular weight is 275 g/mol. The first-order valence-electron chi connectivity index (χ1n) is 7.56. The number of aryl methyl sites for hydroxylation is 1. The summed E-state index contributed by atoms with van der Waals surface area (Å²) >= 11 is 0. The van der Waals surface area contributed by atoms with Gasteiger partial charge >= 0.3 is 0 Å². The molecule has 0 amide bonds. The summed E-state index contributed by atoms with van der Waals surface area (Å²) in [6, 6.07) is 8.85. The van der Waals surface area contributed by atoms with Crippen molar-refractivity contribution in [1.29, 1.82) is 0 Å². The zero-order chi connectivity index (χ0) is 14.6. The van der Waals surface area contributed by atoms with Gasteiger partial charge in [-0.05, 0) is 29.1 Å². The first-order chi connectivity index (χ1) is 8.80. The molecule has 0 nitrogen and oxygen atoms in total. The third-order valence-electron chi connectivity index (χ3n) is 4.64. The molecule has 1 aromatic rings. The van der Waals surface area contributed by atoms with Crippen LogP contribution in [0.15, 0.2) is 30.0 Å². The van der Waals surface area contributed by atoms with Gasteiger partial charge in [-0.2, -0.15) is 0 Å². The number of benzene rings is 1. The van der Waals surface area contributed by atoms with Crippen LogP contribution in [0.4, 0.5) is 0 Å². The third-order valence-corrected chi connectivity index (χ3v) is 11.4. The van der Waals surface area contributed by atoms with Crippen molar-refractivity contribution in [3.05, 3.63) is 41.1 Å². The summed E-state index contributed by atoms with van der Waals surface area (Å²) in [5.74, 6) is 0. The van der Waals surface area contributed by atoms with E-state index in [1.807, 2.05) is 0 Å². The van der Waals surface area contributed by atoms with Crippen molar-refractivity contribution in [2.24, 2.45) is 0 Å². The Morgan fingerprint density at radius 3 is 1.58 bits per heavy atom. The Bertz CT molecular complexity index is 388. The molecule has 0 saturated heterocycles. The van der Waals surface area contributed by atoms with Crippen LogP contribution in [0.3, 0.4) is 0 Å². The van der Waals surface area contributed by atoms with Crippen molar-refractivity contribution in [2.75, 3.05) is 0 Å².